The van der Waals surface area contributed by atoms with E-state index in [4.69, 9.17) is 5.73 Å². The van der Waals surface area contributed by atoms with E-state index in [0.29, 0.717) is 0 Å². The maximum Gasteiger partial charge on any atom is 0.253 e. The molecule has 3 N–H and O–H groups in total. The molecule has 0 aliphatic carbocycles. The average Bonchev–Trinajstić information content (AvgIpc) is 2.43. The van der Waals surface area contributed by atoms with Crippen LogP contribution in [0.1, 0.15) is 0 Å². The molecule has 1 aromatic heterocycles. The largest absolute Gasteiger partial charge is 0.394 e. The molecule has 0 aliphatic heterocycles. The number of nitrogens with one attached hydrogen (secondary N) is 1. The van der Waals surface area contributed by atoms with Gasteiger partial charge in [-0.3, -0.25) is 14.6 Å². The molecule has 2 aromatic carbocycles. The summed E-state index contributed by atoms with van der Waals surface area (Å²) in [5, 5.41) is 4.77. The Morgan fingerprint density at radius 2 is 1.94 bits per heavy atom. The van der Waals surface area contributed by atoms with E-state index in [1.807, 2.05) is 24.3 Å². The van der Waals surface area contributed by atoms with Crippen molar-refractivity contribution in [1.82, 2.24) is 4.98 Å². The maximum absolute atomic E-state index is 11.4. The summed E-state index contributed by atoms with van der Waals surface area (Å²) in [4.78, 5) is 26.4. The van der Waals surface area contributed by atoms with Crippen LogP contribution >= 0.6 is 0 Å². The molecule has 3 aromatic rings. The molecule has 0 unspecified atom stereocenters. The summed E-state index contributed by atoms with van der Waals surface area (Å²) in [5.41, 5.74) is 5.18. The number of nitrogens with two attached hydrogens (primary N) is 1. The zero-order chi connectivity index (χ0) is 12.7. The molecular formula is C13H9N3O2. The van der Waals surface area contributed by atoms with Crippen molar-refractivity contribution in [3.05, 3.63) is 57.1 Å². The van der Waals surface area contributed by atoms with Gasteiger partial charge in [-0.05, 0) is 12.1 Å². The second-order valence-corrected chi connectivity index (χ2v) is 3.97. The van der Waals surface area contributed by atoms with Gasteiger partial charge in [0, 0.05) is 28.9 Å². The fraction of sp³-hybridized carbons (Fsp3) is 0. The van der Waals surface area contributed by atoms with Crippen LogP contribution in [0, 0.1) is 0 Å². The van der Waals surface area contributed by atoms with Gasteiger partial charge in [-0.15, -0.1) is 0 Å². The molecule has 0 amide bonds. The minimum Gasteiger partial charge on any atom is -0.394 e. The Labute approximate surface area is 102 Å². The number of rotatable bonds is 2. The minimum absolute atomic E-state index is 0.00828. The number of pyridine rings is 1. The van der Waals surface area contributed by atoms with Gasteiger partial charge < -0.3 is 11.1 Å². The highest BCUT2D eigenvalue weighted by molar-refractivity contribution is 5.96. The Hall–Kier alpha value is -2.69. The first kappa shape index (κ1) is 10.5. The van der Waals surface area contributed by atoms with Crippen molar-refractivity contribution >= 4 is 27.8 Å². The third kappa shape index (κ3) is 1.37. The molecule has 88 valence electrons. The predicted molar refractivity (Wildman–Crippen MR) is 70.8 cm³/mol. The second kappa shape index (κ2) is 3.66. The first-order valence-corrected chi connectivity index (χ1v) is 5.37. The van der Waals surface area contributed by atoms with Crippen molar-refractivity contribution < 1.29 is 0 Å². The molecule has 0 radical (unpaired) electrons. The fourth-order valence-electron chi connectivity index (χ4n) is 1.90. The fourth-order valence-corrected chi connectivity index (χ4v) is 1.90. The summed E-state index contributed by atoms with van der Waals surface area (Å²) in [6, 6.07) is 7.41. The molecule has 3 rings (SSSR count). The number of aromatic nitrogens is 1. The van der Waals surface area contributed by atoms with Crippen molar-refractivity contribution in [2.75, 3.05) is 11.1 Å². The number of fused-ring (bicyclic) bond motifs is 1. The second-order valence-electron chi connectivity index (χ2n) is 3.97. The van der Waals surface area contributed by atoms with Gasteiger partial charge in [0.1, 0.15) is 11.4 Å². The van der Waals surface area contributed by atoms with E-state index < -0.39 is 10.9 Å². The zero-order valence-corrected chi connectivity index (χ0v) is 9.31. The van der Waals surface area contributed by atoms with Crippen LogP contribution in [0.5, 0.6) is 0 Å². The van der Waals surface area contributed by atoms with Gasteiger partial charge in [0.25, 0.3) is 10.9 Å². The van der Waals surface area contributed by atoms with Crippen molar-refractivity contribution in [1.29, 1.82) is 0 Å². The van der Waals surface area contributed by atoms with Crippen LogP contribution in [0.15, 0.2) is 46.2 Å². The maximum atomic E-state index is 11.4. The van der Waals surface area contributed by atoms with Crippen LogP contribution < -0.4 is 21.9 Å². The van der Waals surface area contributed by atoms with Gasteiger partial charge in [0.15, 0.2) is 0 Å². The highest BCUT2D eigenvalue weighted by Gasteiger charge is 2.18. The van der Waals surface area contributed by atoms with Crippen LogP contribution in [0.3, 0.4) is 0 Å². The number of anilines is 3. The molecular weight excluding hydrogens is 230 g/mol. The van der Waals surface area contributed by atoms with E-state index in [0.717, 1.165) is 16.5 Å². The standard InChI is InChI=1S/C13H9N3O2/c14-10-11(13(18)12(10)17)16-9-3-1-2-7-6-15-5-4-8(7)9/h1-6,16H,14H2. The molecule has 0 saturated heterocycles. The summed E-state index contributed by atoms with van der Waals surface area (Å²) in [6.45, 7) is 0. The van der Waals surface area contributed by atoms with Crippen LogP contribution in [-0.2, 0) is 0 Å². The van der Waals surface area contributed by atoms with Gasteiger partial charge in [0.05, 0.1) is 0 Å². The first-order chi connectivity index (χ1) is 8.68. The van der Waals surface area contributed by atoms with Gasteiger partial charge in [-0.1, -0.05) is 12.1 Å². The van der Waals surface area contributed by atoms with E-state index in [2.05, 4.69) is 10.3 Å². The topological polar surface area (TPSA) is 85.1 Å². The molecule has 18 heavy (non-hydrogen) atoms. The van der Waals surface area contributed by atoms with Crippen molar-refractivity contribution in [3.63, 3.8) is 0 Å². The molecule has 1 heterocycles. The molecule has 5 nitrogen and oxygen atoms in total. The monoisotopic (exact) mass is 239 g/mol. The van der Waals surface area contributed by atoms with E-state index >= 15 is 0 Å². The minimum atomic E-state index is -0.626. The Morgan fingerprint density at radius 3 is 2.72 bits per heavy atom. The highest BCUT2D eigenvalue weighted by Crippen LogP contribution is 2.26. The zero-order valence-electron chi connectivity index (χ0n) is 9.31. The van der Waals surface area contributed by atoms with E-state index in [1.165, 1.54) is 0 Å². The quantitative estimate of drug-likeness (QED) is 0.655. The Balaban J connectivity index is 2.12. The van der Waals surface area contributed by atoms with E-state index in [-0.39, 0.29) is 11.4 Å². The van der Waals surface area contributed by atoms with Crippen LogP contribution in [0.2, 0.25) is 0 Å². The summed E-state index contributed by atoms with van der Waals surface area (Å²) < 4.78 is 0. The summed E-state index contributed by atoms with van der Waals surface area (Å²) in [7, 11) is 0. The smallest absolute Gasteiger partial charge is 0.253 e. The molecule has 0 saturated carbocycles. The highest BCUT2D eigenvalue weighted by atomic mass is 16.2. The van der Waals surface area contributed by atoms with Gasteiger partial charge in [-0.25, -0.2) is 0 Å². The summed E-state index contributed by atoms with van der Waals surface area (Å²) >= 11 is 0. The molecule has 0 bridgehead atoms. The average molecular weight is 239 g/mol. The Kier molecular flexibility index (Phi) is 2.13. The number of benzene rings is 1. The lowest BCUT2D eigenvalue weighted by atomic mass is 10.1. The normalized spacial score (nSPS) is 10.9. The third-order valence-corrected chi connectivity index (χ3v) is 2.89. The van der Waals surface area contributed by atoms with Crippen LogP contribution in [-0.4, -0.2) is 4.98 Å². The van der Waals surface area contributed by atoms with Crippen LogP contribution in [0.4, 0.5) is 17.1 Å². The SMILES string of the molecule is Nc1c(Nc2cccc3cnccc23)c(=O)c1=O. The molecule has 5 heteroatoms. The van der Waals surface area contributed by atoms with Crippen molar-refractivity contribution in [2.45, 2.75) is 0 Å². The number of hydrogen-bond donors (Lipinski definition) is 2. The van der Waals surface area contributed by atoms with Crippen molar-refractivity contribution in [3.8, 4) is 0 Å². The molecule has 0 atom stereocenters. The number of nitrogen functional groups attached to an aromatic ring is 1. The lowest BCUT2D eigenvalue weighted by Gasteiger charge is -2.11. The predicted octanol–water partition coefficient (Wildman–Crippen LogP) is 1.16. The Morgan fingerprint density at radius 1 is 1.11 bits per heavy atom. The van der Waals surface area contributed by atoms with E-state index in [1.54, 1.807) is 12.4 Å². The number of nitrogens with zero attached hydrogens (tertiary/aromatic N) is 1. The molecule has 0 spiro atoms. The molecule has 0 fully saturated rings. The van der Waals surface area contributed by atoms with Gasteiger partial charge in [-0.2, -0.15) is 0 Å². The molecule has 0 aliphatic rings. The number of hydrogen-bond acceptors (Lipinski definition) is 5. The summed E-state index contributed by atoms with van der Waals surface area (Å²) in [5.74, 6) is 0. The lowest BCUT2D eigenvalue weighted by Crippen LogP contribution is -2.36. The van der Waals surface area contributed by atoms with Gasteiger partial charge >= 0.3 is 0 Å². The third-order valence-electron chi connectivity index (χ3n) is 2.89. The lowest BCUT2D eigenvalue weighted by molar-refractivity contribution is 1.36. The first-order valence-electron chi connectivity index (χ1n) is 5.37. The van der Waals surface area contributed by atoms with Gasteiger partial charge in [0.2, 0.25) is 0 Å². The Bertz CT molecular complexity index is 811. The summed E-state index contributed by atoms with van der Waals surface area (Å²) in [6.07, 6.45) is 3.39. The van der Waals surface area contributed by atoms with E-state index in [9.17, 15) is 9.59 Å². The van der Waals surface area contributed by atoms with Crippen LogP contribution in [0.25, 0.3) is 10.8 Å². The van der Waals surface area contributed by atoms with Crippen molar-refractivity contribution in [2.24, 2.45) is 0 Å².